The molecule has 1 aromatic carbocycles. The molecule has 0 aliphatic carbocycles. The largest absolute Gasteiger partial charge is 0.377 e. The molecule has 4 unspecified atom stereocenters. The zero-order valence-corrected chi connectivity index (χ0v) is 13.8. The fraction of sp³-hybridized carbons (Fsp3) is 0.625. The summed E-state index contributed by atoms with van der Waals surface area (Å²) in [5.74, 6) is 0. The molecule has 4 atom stereocenters. The smallest absolute Gasteiger partial charge is 0.160 e. The van der Waals surface area contributed by atoms with Gasteiger partial charge in [0.25, 0.3) is 0 Å². The number of hydrogen-bond acceptors (Lipinski definition) is 4. The molecule has 5 heteroatoms. The molecule has 0 aromatic heterocycles. The SMILES string of the molecule is CCNC(c1ccccc1)C(C)S(=O)(=O)C1CCOC1C. The van der Waals surface area contributed by atoms with Gasteiger partial charge in [0.15, 0.2) is 9.84 Å². The van der Waals surface area contributed by atoms with Crippen molar-refractivity contribution in [3.05, 3.63) is 35.9 Å². The second kappa shape index (κ2) is 6.90. The molecule has 1 N–H and O–H groups in total. The van der Waals surface area contributed by atoms with Gasteiger partial charge in [0.1, 0.15) is 0 Å². The summed E-state index contributed by atoms with van der Waals surface area (Å²) < 4.78 is 31.3. The van der Waals surface area contributed by atoms with Crippen LogP contribution in [-0.2, 0) is 14.6 Å². The zero-order valence-electron chi connectivity index (χ0n) is 13.0. The van der Waals surface area contributed by atoms with E-state index in [9.17, 15) is 8.42 Å². The molecule has 1 heterocycles. The lowest BCUT2D eigenvalue weighted by molar-refractivity contribution is 0.126. The summed E-state index contributed by atoms with van der Waals surface area (Å²) >= 11 is 0. The highest BCUT2D eigenvalue weighted by molar-refractivity contribution is 7.92. The van der Waals surface area contributed by atoms with Crippen molar-refractivity contribution in [2.45, 2.75) is 49.8 Å². The molecule has 0 amide bonds. The van der Waals surface area contributed by atoms with Crippen LogP contribution in [0.5, 0.6) is 0 Å². The summed E-state index contributed by atoms with van der Waals surface area (Å²) in [6.07, 6.45) is 0.386. The molecule has 1 aromatic rings. The van der Waals surface area contributed by atoms with Crippen molar-refractivity contribution in [3.63, 3.8) is 0 Å². The Balaban J connectivity index is 2.28. The van der Waals surface area contributed by atoms with Crippen LogP contribution in [0.3, 0.4) is 0 Å². The molecule has 4 nitrogen and oxygen atoms in total. The van der Waals surface area contributed by atoms with E-state index >= 15 is 0 Å². The fourth-order valence-electron chi connectivity index (χ4n) is 3.04. The van der Waals surface area contributed by atoms with E-state index in [4.69, 9.17) is 4.74 Å². The molecule has 21 heavy (non-hydrogen) atoms. The Morgan fingerprint density at radius 1 is 1.33 bits per heavy atom. The quantitative estimate of drug-likeness (QED) is 0.876. The maximum Gasteiger partial charge on any atom is 0.160 e. The van der Waals surface area contributed by atoms with Gasteiger partial charge in [-0.25, -0.2) is 8.42 Å². The third kappa shape index (κ3) is 3.47. The summed E-state index contributed by atoms with van der Waals surface area (Å²) in [6, 6.07) is 9.61. The molecule has 0 spiro atoms. The third-order valence-corrected chi connectivity index (χ3v) is 7.07. The van der Waals surface area contributed by atoms with E-state index in [1.165, 1.54) is 0 Å². The molecular weight excluding hydrogens is 286 g/mol. The lowest BCUT2D eigenvalue weighted by atomic mass is 10.0. The highest BCUT2D eigenvalue weighted by Crippen LogP contribution is 2.30. The normalized spacial score (nSPS) is 25.7. The monoisotopic (exact) mass is 311 g/mol. The summed E-state index contributed by atoms with van der Waals surface area (Å²) in [5.41, 5.74) is 1.02. The Labute approximate surface area is 127 Å². The predicted octanol–water partition coefficient (Wildman–Crippen LogP) is 2.32. The first-order valence-corrected chi connectivity index (χ1v) is 9.22. The summed E-state index contributed by atoms with van der Waals surface area (Å²) in [5, 5.41) is 2.45. The maximum atomic E-state index is 12.9. The molecule has 118 valence electrons. The van der Waals surface area contributed by atoms with Gasteiger partial charge < -0.3 is 10.1 Å². The Bertz CT molecular complexity index is 544. The van der Waals surface area contributed by atoms with Crippen molar-refractivity contribution in [1.29, 1.82) is 0 Å². The molecule has 0 saturated carbocycles. The fourth-order valence-corrected chi connectivity index (χ4v) is 5.27. The molecule has 0 bridgehead atoms. The van der Waals surface area contributed by atoms with Crippen molar-refractivity contribution >= 4 is 9.84 Å². The van der Waals surface area contributed by atoms with Gasteiger partial charge in [-0.2, -0.15) is 0 Å². The van der Waals surface area contributed by atoms with Gasteiger partial charge in [0, 0.05) is 12.6 Å². The number of hydrogen-bond donors (Lipinski definition) is 1. The first-order valence-electron chi connectivity index (χ1n) is 7.61. The van der Waals surface area contributed by atoms with Gasteiger partial charge in [0.2, 0.25) is 0 Å². The maximum absolute atomic E-state index is 12.9. The average Bonchev–Trinajstić information content (AvgIpc) is 2.92. The van der Waals surface area contributed by atoms with Gasteiger partial charge in [-0.3, -0.25) is 0 Å². The van der Waals surface area contributed by atoms with E-state index < -0.39 is 20.3 Å². The minimum absolute atomic E-state index is 0.186. The van der Waals surface area contributed by atoms with Crippen molar-refractivity contribution in [2.24, 2.45) is 0 Å². The Hall–Kier alpha value is -0.910. The van der Waals surface area contributed by atoms with Crippen LogP contribution >= 0.6 is 0 Å². The van der Waals surface area contributed by atoms with Crippen LogP contribution in [0.15, 0.2) is 30.3 Å². The van der Waals surface area contributed by atoms with E-state index in [-0.39, 0.29) is 12.1 Å². The van der Waals surface area contributed by atoms with Gasteiger partial charge in [-0.1, -0.05) is 37.3 Å². The highest BCUT2D eigenvalue weighted by Gasteiger charge is 2.41. The van der Waals surface area contributed by atoms with Gasteiger partial charge in [-0.15, -0.1) is 0 Å². The number of rotatable bonds is 6. The Morgan fingerprint density at radius 3 is 2.52 bits per heavy atom. The number of benzene rings is 1. The number of nitrogens with one attached hydrogen (secondary N) is 1. The molecule has 2 rings (SSSR count). The zero-order chi connectivity index (χ0) is 15.5. The summed E-state index contributed by atoms with van der Waals surface area (Å²) in [6.45, 7) is 6.93. The van der Waals surface area contributed by atoms with Crippen LogP contribution in [-0.4, -0.2) is 38.2 Å². The van der Waals surface area contributed by atoms with E-state index in [1.807, 2.05) is 44.2 Å². The van der Waals surface area contributed by atoms with Crippen molar-refractivity contribution in [1.82, 2.24) is 5.32 Å². The first kappa shape index (κ1) is 16.5. The number of ether oxygens (including phenoxy) is 1. The van der Waals surface area contributed by atoms with E-state index in [0.29, 0.717) is 13.0 Å². The van der Waals surface area contributed by atoms with Crippen LogP contribution in [0.25, 0.3) is 0 Å². The van der Waals surface area contributed by atoms with Crippen molar-refractivity contribution in [2.75, 3.05) is 13.2 Å². The van der Waals surface area contributed by atoms with Crippen LogP contribution in [0.2, 0.25) is 0 Å². The molecule has 1 saturated heterocycles. The third-order valence-electron chi connectivity index (χ3n) is 4.30. The van der Waals surface area contributed by atoms with Crippen LogP contribution < -0.4 is 5.32 Å². The second-order valence-corrected chi connectivity index (χ2v) is 8.17. The van der Waals surface area contributed by atoms with Crippen LogP contribution in [0.1, 0.15) is 38.8 Å². The average molecular weight is 311 g/mol. The predicted molar refractivity (Wildman–Crippen MR) is 85.1 cm³/mol. The van der Waals surface area contributed by atoms with Crippen molar-refractivity contribution in [3.8, 4) is 0 Å². The Morgan fingerprint density at radius 2 is 2.00 bits per heavy atom. The number of sulfone groups is 1. The Kier molecular flexibility index (Phi) is 5.41. The lowest BCUT2D eigenvalue weighted by Gasteiger charge is -2.28. The van der Waals surface area contributed by atoms with Crippen LogP contribution in [0, 0.1) is 0 Å². The minimum Gasteiger partial charge on any atom is -0.377 e. The lowest BCUT2D eigenvalue weighted by Crippen LogP contribution is -2.42. The molecule has 0 radical (unpaired) electrons. The topological polar surface area (TPSA) is 55.4 Å². The van der Waals surface area contributed by atoms with Crippen molar-refractivity contribution < 1.29 is 13.2 Å². The van der Waals surface area contributed by atoms with E-state index in [1.54, 1.807) is 6.92 Å². The first-order chi connectivity index (χ1) is 9.98. The van der Waals surface area contributed by atoms with Gasteiger partial charge in [-0.05, 0) is 32.4 Å². The second-order valence-electron chi connectivity index (χ2n) is 5.64. The minimum atomic E-state index is -3.24. The molecule has 1 fully saturated rings. The highest BCUT2D eigenvalue weighted by atomic mass is 32.2. The molecule has 1 aliphatic heterocycles. The summed E-state index contributed by atoms with van der Waals surface area (Å²) in [7, 11) is -3.24. The van der Waals surface area contributed by atoms with E-state index in [2.05, 4.69) is 5.32 Å². The molecular formula is C16H25NO3S. The molecule has 1 aliphatic rings. The summed E-state index contributed by atoms with van der Waals surface area (Å²) in [4.78, 5) is 0. The standard InChI is InChI=1S/C16H25NO3S/c1-4-17-16(14-8-6-5-7-9-14)13(3)21(18,19)15-10-11-20-12(15)2/h5-9,12-13,15-17H,4,10-11H2,1-3H3. The van der Waals surface area contributed by atoms with Crippen LogP contribution in [0.4, 0.5) is 0 Å². The van der Waals surface area contributed by atoms with Gasteiger partial charge in [0.05, 0.1) is 16.6 Å². The van der Waals surface area contributed by atoms with E-state index in [0.717, 1.165) is 12.1 Å². The van der Waals surface area contributed by atoms with Gasteiger partial charge >= 0.3 is 0 Å².